The van der Waals surface area contributed by atoms with Gasteiger partial charge in [0.15, 0.2) is 0 Å². The molecule has 2 nitrogen and oxygen atoms in total. The van der Waals surface area contributed by atoms with E-state index in [1.54, 1.807) is 17.7 Å². The Kier molecular flexibility index (Phi) is 2.01. The molecule has 0 atom stereocenters. The van der Waals surface area contributed by atoms with Crippen LogP contribution in [0, 0.1) is 4.64 Å². The molecule has 0 unspecified atom stereocenters. The molecule has 2 aromatic heterocycles. The van der Waals surface area contributed by atoms with Gasteiger partial charge in [-0.3, -0.25) is 0 Å². The first kappa shape index (κ1) is 7.64. The summed E-state index contributed by atoms with van der Waals surface area (Å²) in [5, 5.41) is 4.10. The van der Waals surface area contributed by atoms with Crippen LogP contribution in [0.5, 0.6) is 0 Å². The van der Waals surface area contributed by atoms with Crippen LogP contribution in [0.1, 0.15) is 0 Å². The lowest BCUT2D eigenvalue weighted by molar-refractivity contribution is 1.16. The van der Waals surface area contributed by atoms with Crippen molar-refractivity contribution in [2.75, 3.05) is 0 Å². The van der Waals surface area contributed by atoms with Crippen LogP contribution in [0.25, 0.3) is 11.3 Å². The second kappa shape index (κ2) is 3.16. The number of aromatic amines is 1. The van der Waals surface area contributed by atoms with E-state index in [2.05, 4.69) is 15.3 Å². The maximum absolute atomic E-state index is 4.95. The number of hydrogen-bond donors (Lipinski definition) is 1. The first-order chi connectivity index (χ1) is 5.86. The fraction of sp³-hybridized carbons (Fsp3) is 0. The van der Waals surface area contributed by atoms with Crippen molar-refractivity contribution in [1.29, 1.82) is 0 Å². The van der Waals surface area contributed by atoms with Crippen molar-refractivity contribution in [1.82, 2.24) is 9.97 Å². The molecule has 0 spiro atoms. The van der Waals surface area contributed by atoms with Crippen LogP contribution < -0.4 is 0 Å². The summed E-state index contributed by atoms with van der Waals surface area (Å²) in [6, 6.07) is 3.91. The van der Waals surface area contributed by atoms with Crippen molar-refractivity contribution in [2.24, 2.45) is 0 Å². The molecule has 0 aliphatic carbocycles. The molecule has 2 rings (SSSR count). The highest BCUT2D eigenvalue weighted by molar-refractivity contribution is 7.71. The number of thiophene rings is 1. The van der Waals surface area contributed by atoms with Crippen molar-refractivity contribution < 1.29 is 0 Å². The first-order valence-electron chi connectivity index (χ1n) is 3.43. The fourth-order valence-corrected chi connectivity index (χ4v) is 1.78. The summed E-state index contributed by atoms with van der Waals surface area (Å²) in [7, 11) is 0. The monoisotopic (exact) mass is 194 g/mol. The first-order valence-corrected chi connectivity index (χ1v) is 4.79. The van der Waals surface area contributed by atoms with E-state index >= 15 is 0 Å². The Morgan fingerprint density at radius 1 is 1.50 bits per heavy atom. The Morgan fingerprint density at radius 2 is 2.42 bits per heavy atom. The molecule has 60 valence electrons. The van der Waals surface area contributed by atoms with Crippen LogP contribution in [-0.4, -0.2) is 9.97 Å². The number of hydrogen-bond acceptors (Lipinski definition) is 3. The average molecular weight is 194 g/mol. The highest BCUT2D eigenvalue weighted by Crippen LogP contribution is 2.18. The Hall–Kier alpha value is -1.00. The number of nitrogens with zero attached hydrogens (tertiary/aromatic N) is 1. The van der Waals surface area contributed by atoms with Crippen LogP contribution in [0.4, 0.5) is 0 Å². The molecule has 2 heterocycles. The predicted molar refractivity (Wildman–Crippen MR) is 52.7 cm³/mol. The Morgan fingerprint density at radius 3 is 3.08 bits per heavy atom. The Bertz CT molecular complexity index is 417. The molecule has 4 heteroatoms. The molecule has 0 aliphatic heterocycles. The normalized spacial score (nSPS) is 10.0. The van der Waals surface area contributed by atoms with Crippen LogP contribution >= 0.6 is 23.6 Å². The quantitative estimate of drug-likeness (QED) is 0.707. The van der Waals surface area contributed by atoms with E-state index in [9.17, 15) is 0 Å². The molecule has 0 fully saturated rings. The largest absolute Gasteiger partial charge is 0.346 e. The summed E-state index contributed by atoms with van der Waals surface area (Å²) >= 11 is 6.61. The maximum Gasteiger partial charge on any atom is 0.130 e. The standard InChI is InChI=1S/C8H6N2S2/c11-8-3-7(9-5-10-8)6-1-2-12-4-6/h1-5H,(H,9,10,11). The zero-order valence-electron chi connectivity index (χ0n) is 6.15. The highest BCUT2D eigenvalue weighted by Gasteiger charge is 1.96. The van der Waals surface area contributed by atoms with Gasteiger partial charge in [0, 0.05) is 10.9 Å². The van der Waals surface area contributed by atoms with Crippen molar-refractivity contribution >= 4 is 23.6 Å². The van der Waals surface area contributed by atoms with Crippen LogP contribution in [-0.2, 0) is 0 Å². The fourth-order valence-electron chi connectivity index (χ4n) is 0.952. The van der Waals surface area contributed by atoms with E-state index in [1.165, 1.54) is 0 Å². The van der Waals surface area contributed by atoms with E-state index in [1.807, 2.05) is 17.5 Å². The molecule has 0 amide bonds. The van der Waals surface area contributed by atoms with Crippen molar-refractivity contribution in [3.05, 3.63) is 33.9 Å². The molecule has 2 aromatic rings. The summed E-state index contributed by atoms with van der Waals surface area (Å²) in [6.07, 6.45) is 1.62. The molecule has 0 aromatic carbocycles. The van der Waals surface area contributed by atoms with Gasteiger partial charge in [-0.25, -0.2) is 4.98 Å². The zero-order valence-corrected chi connectivity index (χ0v) is 7.78. The predicted octanol–water partition coefficient (Wildman–Crippen LogP) is 2.87. The van der Waals surface area contributed by atoms with Gasteiger partial charge in [-0.15, -0.1) is 0 Å². The van der Waals surface area contributed by atoms with Crippen LogP contribution in [0.2, 0.25) is 0 Å². The molecular formula is C8H6N2S2. The van der Waals surface area contributed by atoms with Crippen molar-refractivity contribution in [2.45, 2.75) is 0 Å². The second-order valence-corrected chi connectivity index (χ2v) is 3.51. The summed E-state index contributed by atoms with van der Waals surface area (Å²) in [5.74, 6) is 0. The van der Waals surface area contributed by atoms with Gasteiger partial charge >= 0.3 is 0 Å². The van der Waals surface area contributed by atoms with Gasteiger partial charge in [-0.05, 0) is 17.5 Å². The average Bonchev–Trinajstić information content (AvgIpc) is 2.56. The minimum absolute atomic E-state index is 0.620. The topological polar surface area (TPSA) is 28.7 Å². The minimum atomic E-state index is 0.620. The summed E-state index contributed by atoms with van der Waals surface area (Å²) < 4.78 is 0.620. The smallest absolute Gasteiger partial charge is 0.130 e. The van der Waals surface area contributed by atoms with Gasteiger partial charge in [0.25, 0.3) is 0 Å². The highest BCUT2D eigenvalue weighted by atomic mass is 32.1. The third-order valence-corrected chi connectivity index (χ3v) is 2.42. The van der Waals surface area contributed by atoms with E-state index in [4.69, 9.17) is 12.2 Å². The lowest BCUT2D eigenvalue weighted by Crippen LogP contribution is -1.82. The van der Waals surface area contributed by atoms with Gasteiger partial charge in [-0.2, -0.15) is 11.3 Å². The third kappa shape index (κ3) is 1.44. The summed E-state index contributed by atoms with van der Waals surface area (Å²) in [4.78, 5) is 6.95. The zero-order chi connectivity index (χ0) is 8.39. The van der Waals surface area contributed by atoms with Gasteiger partial charge in [-0.1, -0.05) is 12.2 Å². The third-order valence-electron chi connectivity index (χ3n) is 1.51. The molecular weight excluding hydrogens is 188 g/mol. The van der Waals surface area contributed by atoms with E-state index in [-0.39, 0.29) is 0 Å². The molecule has 0 bridgehead atoms. The number of aromatic nitrogens is 2. The molecule has 0 saturated heterocycles. The van der Waals surface area contributed by atoms with E-state index in [0.29, 0.717) is 4.64 Å². The van der Waals surface area contributed by atoms with Crippen molar-refractivity contribution in [3.8, 4) is 11.3 Å². The Labute approximate surface area is 78.9 Å². The van der Waals surface area contributed by atoms with Crippen molar-refractivity contribution in [3.63, 3.8) is 0 Å². The number of nitrogens with one attached hydrogen (secondary N) is 1. The van der Waals surface area contributed by atoms with Gasteiger partial charge in [0.2, 0.25) is 0 Å². The molecule has 0 saturated carbocycles. The molecule has 1 N–H and O–H groups in total. The van der Waals surface area contributed by atoms with E-state index in [0.717, 1.165) is 11.3 Å². The minimum Gasteiger partial charge on any atom is -0.346 e. The maximum atomic E-state index is 4.95. The lowest BCUT2D eigenvalue weighted by atomic mass is 10.2. The van der Waals surface area contributed by atoms with E-state index < -0.39 is 0 Å². The van der Waals surface area contributed by atoms with Gasteiger partial charge in [0.05, 0.1) is 12.0 Å². The molecule has 0 aliphatic rings. The lowest BCUT2D eigenvalue weighted by Gasteiger charge is -1.94. The second-order valence-electron chi connectivity index (χ2n) is 2.31. The summed E-state index contributed by atoms with van der Waals surface area (Å²) in [5.41, 5.74) is 2.18. The number of H-pyrrole nitrogens is 1. The SMILES string of the molecule is S=c1cc(-c2ccsc2)[nH]cn1. The van der Waals surface area contributed by atoms with Crippen LogP contribution in [0.3, 0.4) is 0 Å². The molecule has 12 heavy (non-hydrogen) atoms. The number of rotatable bonds is 1. The molecule has 0 radical (unpaired) electrons. The summed E-state index contributed by atoms with van der Waals surface area (Å²) in [6.45, 7) is 0. The van der Waals surface area contributed by atoms with Gasteiger partial charge in [0.1, 0.15) is 4.64 Å². The Balaban J connectivity index is 2.55. The van der Waals surface area contributed by atoms with Gasteiger partial charge < -0.3 is 4.98 Å². The van der Waals surface area contributed by atoms with Crippen LogP contribution in [0.15, 0.2) is 29.2 Å².